The normalized spacial score (nSPS) is 22.2. The number of nitrogens with two attached hydrogens (primary N) is 1. The average Bonchev–Trinajstić information content (AvgIpc) is 2.13. The van der Waals surface area contributed by atoms with E-state index in [1.807, 2.05) is 0 Å². The second kappa shape index (κ2) is 5.47. The predicted molar refractivity (Wildman–Crippen MR) is 64.6 cm³/mol. The van der Waals surface area contributed by atoms with Crippen LogP contribution in [0.5, 0.6) is 0 Å². The quantitative estimate of drug-likeness (QED) is 0.753. The SMILES string of the molecule is CC1(C)CCC(OCCCS(N)(=O)=O)CC1. The number of primary sulfonamides is 1. The lowest BCUT2D eigenvalue weighted by Crippen LogP contribution is -2.27. The van der Waals surface area contributed by atoms with Crippen LogP contribution in [0.1, 0.15) is 46.0 Å². The van der Waals surface area contributed by atoms with Gasteiger partial charge in [-0.25, -0.2) is 13.6 Å². The third-order valence-corrected chi connectivity index (χ3v) is 4.07. The van der Waals surface area contributed by atoms with Crippen molar-refractivity contribution in [1.29, 1.82) is 0 Å². The molecule has 0 atom stereocenters. The first kappa shape index (κ1) is 13.9. The van der Waals surface area contributed by atoms with Crippen molar-refractivity contribution in [2.45, 2.75) is 52.1 Å². The number of ether oxygens (including phenoxy) is 1. The van der Waals surface area contributed by atoms with Crippen LogP contribution >= 0.6 is 0 Å². The maximum absolute atomic E-state index is 10.7. The number of hydrogen-bond acceptors (Lipinski definition) is 3. The first-order chi connectivity index (χ1) is 7.29. The summed E-state index contributed by atoms with van der Waals surface area (Å²) in [6.45, 7) is 5.07. The third-order valence-electron chi connectivity index (χ3n) is 3.21. The second-order valence-corrected chi connectivity index (χ2v) is 7.19. The van der Waals surface area contributed by atoms with Crippen LogP contribution in [0.4, 0.5) is 0 Å². The molecular weight excluding hydrogens is 226 g/mol. The zero-order valence-electron chi connectivity index (χ0n) is 10.2. The zero-order valence-corrected chi connectivity index (χ0v) is 11.1. The first-order valence-electron chi connectivity index (χ1n) is 5.91. The molecule has 0 aliphatic heterocycles. The molecule has 1 aliphatic rings. The fraction of sp³-hybridized carbons (Fsp3) is 1.00. The van der Waals surface area contributed by atoms with Gasteiger partial charge in [-0.3, -0.25) is 0 Å². The molecule has 1 fully saturated rings. The van der Waals surface area contributed by atoms with E-state index in [4.69, 9.17) is 9.88 Å². The van der Waals surface area contributed by atoms with Crippen LogP contribution in [-0.4, -0.2) is 26.9 Å². The van der Waals surface area contributed by atoms with E-state index in [0.29, 0.717) is 24.5 Å². The van der Waals surface area contributed by atoms with Crippen LogP contribution in [0, 0.1) is 5.41 Å². The van der Waals surface area contributed by atoms with Crippen molar-refractivity contribution >= 4 is 10.0 Å². The monoisotopic (exact) mass is 249 g/mol. The molecule has 0 aromatic heterocycles. The maximum atomic E-state index is 10.7. The van der Waals surface area contributed by atoms with E-state index in [0.717, 1.165) is 12.8 Å². The van der Waals surface area contributed by atoms with Gasteiger partial charge in [0.05, 0.1) is 11.9 Å². The number of sulfonamides is 1. The molecule has 0 unspecified atom stereocenters. The minimum atomic E-state index is -3.33. The zero-order chi connectivity index (χ0) is 12.2. The van der Waals surface area contributed by atoms with Crippen LogP contribution in [-0.2, 0) is 14.8 Å². The van der Waals surface area contributed by atoms with Crippen molar-refractivity contribution in [3.05, 3.63) is 0 Å². The molecule has 1 rings (SSSR count). The minimum Gasteiger partial charge on any atom is -0.378 e. The van der Waals surface area contributed by atoms with E-state index < -0.39 is 10.0 Å². The summed E-state index contributed by atoms with van der Waals surface area (Å²) in [5, 5.41) is 4.91. The van der Waals surface area contributed by atoms with Gasteiger partial charge < -0.3 is 4.74 Å². The fourth-order valence-electron chi connectivity index (χ4n) is 2.05. The summed E-state index contributed by atoms with van der Waals surface area (Å²) < 4.78 is 27.0. The van der Waals surface area contributed by atoms with Crippen LogP contribution in [0.2, 0.25) is 0 Å². The Labute approximate surface area is 98.6 Å². The number of rotatable bonds is 5. The van der Waals surface area contributed by atoms with Gasteiger partial charge in [-0.1, -0.05) is 13.8 Å². The average molecular weight is 249 g/mol. The molecule has 0 bridgehead atoms. The summed E-state index contributed by atoms with van der Waals surface area (Å²) in [6.07, 6.45) is 5.36. The minimum absolute atomic E-state index is 0.0191. The van der Waals surface area contributed by atoms with Crippen molar-refractivity contribution in [2.75, 3.05) is 12.4 Å². The standard InChI is InChI=1S/C11H23NO3S/c1-11(2)6-4-10(5-7-11)15-8-3-9-16(12,13)14/h10H,3-9H2,1-2H3,(H2,12,13,14). The third kappa shape index (κ3) is 5.82. The van der Waals surface area contributed by atoms with Crippen LogP contribution in [0.25, 0.3) is 0 Å². The van der Waals surface area contributed by atoms with Gasteiger partial charge in [0, 0.05) is 6.61 Å². The second-order valence-electron chi connectivity index (χ2n) is 5.45. The molecule has 1 saturated carbocycles. The van der Waals surface area contributed by atoms with E-state index in [1.54, 1.807) is 0 Å². The molecule has 0 heterocycles. The van der Waals surface area contributed by atoms with E-state index in [2.05, 4.69) is 13.8 Å². The smallest absolute Gasteiger partial charge is 0.209 e. The molecule has 1 aliphatic carbocycles. The van der Waals surface area contributed by atoms with Gasteiger partial charge in [0.1, 0.15) is 0 Å². The lowest BCUT2D eigenvalue weighted by atomic mass is 9.76. The molecule has 0 aromatic rings. The molecule has 5 heteroatoms. The summed E-state index contributed by atoms with van der Waals surface area (Å²) in [4.78, 5) is 0. The van der Waals surface area contributed by atoms with Crippen molar-refractivity contribution in [2.24, 2.45) is 10.6 Å². The Morgan fingerprint density at radius 2 is 1.88 bits per heavy atom. The van der Waals surface area contributed by atoms with Gasteiger partial charge in [0.25, 0.3) is 0 Å². The van der Waals surface area contributed by atoms with Gasteiger partial charge in [-0.05, 0) is 37.5 Å². The maximum Gasteiger partial charge on any atom is 0.209 e. The van der Waals surface area contributed by atoms with E-state index in [1.165, 1.54) is 12.8 Å². The Bertz CT molecular complexity index is 301. The highest BCUT2D eigenvalue weighted by atomic mass is 32.2. The molecule has 0 saturated heterocycles. The van der Waals surface area contributed by atoms with Crippen LogP contribution in [0.15, 0.2) is 0 Å². The Balaban J connectivity index is 2.11. The molecule has 0 radical (unpaired) electrons. The van der Waals surface area contributed by atoms with Gasteiger partial charge in [-0.2, -0.15) is 0 Å². The number of hydrogen-bond donors (Lipinski definition) is 1. The van der Waals surface area contributed by atoms with Crippen molar-refractivity contribution < 1.29 is 13.2 Å². The van der Waals surface area contributed by atoms with Crippen molar-refractivity contribution in [1.82, 2.24) is 0 Å². The van der Waals surface area contributed by atoms with E-state index >= 15 is 0 Å². The fourth-order valence-corrected chi connectivity index (χ4v) is 2.57. The molecule has 96 valence electrons. The first-order valence-corrected chi connectivity index (χ1v) is 7.62. The topological polar surface area (TPSA) is 69.4 Å². The lowest BCUT2D eigenvalue weighted by molar-refractivity contribution is 0.00496. The van der Waals surface area contributed by atoms with Gasteiger partial charge in [0.2, 0.25) is 10.0 Å². The highest BCUT2D eigenvalue weighted by molar-refractivity contribution is 7.89. The lowest BCUT2D eigenvalue weighted by Gasteiger charge is -2.34. The molecule has 0 aromatic carbocycles. The highest BCUT2D eigenvalue weighted by Gasteiger charge is 2.26. The predicted octanol–water partition coefficient (Wildman–Crippen LogP) is 1.65. The Morgan fingerprint density at radius 3 is 2.38 bits per heavy atom. The van der Waals surface area contributed by atoms with Gasteiger partial charge >= 0.3 is 0 Å². The Morgan fingerprint density at radius 1 is 1.31 bits per heavy atom. The summed E-state index contributed by atoms with van der Waals surface area (Å²) >= 11 is 0. The van der Waals surface area contributed by atoms with Crippen LogP contribution < -0.4 is 5.14 Å². The molecule has 4 nitrogen and oxygen atoms in total. The Kier molecular flexibility index (Phi) is 4.76. The van der Waals surface area contributed by atoms with E-state index in [9.17, 15) is 8.42 Å². The summed E-state index contributed by atoms with van der Waals surface area (Å²) in [5.41, 5.74) is 0.445. The molecule has 0 spiro atoms. The van der Waals surface area contributed by atoms with Gasteiger partial charge in [-0.15, -0.1) is 0 Å². The van der Waals surface area contributed by atoms with Crippen molar-refractivity contribution in [3.63, 3.8) is 0 Å². The largest absolute Gasteiger partial charge is 0.378 e. The molecule has 2 N–H and O–H groups in total. The van der Waals surface area contributed by atoms with Crippen molar-refractivity contribution in [3.8, 4) is 0 Å². The highest BCUT2D eigenvalue weighted by Crippen LogP contribution is 2.36. The summed E-state index contributed by atoms with van der Waals surface area (Å²) in [5.74, 6) is 0.0191. The molecular formula is C11H23NO3S. The summed E-state index contributed by atoms with van der Waals surface area (Å²) in [6, 6.07) is 0. The van der Waals surface area contributed by atoms with Gasteiger partial charge in [0.15, 0.2) is 0 Å². The molecule has 16 heavy (non-hydrogen) atoms. The van der Waals surface area contributed by atoms with E-state index in [-0.39, 0.29) is 5.75 Å². The Hall–Kier alpha value is -0.130. The summed E-state index contributed by atoms with van der Waals surface area (Å²) in [7, 11) is -3.33. The molecule has 0 amide bonds. The van der Waals surface area contributed by atoms with Crippen LogP contribution in [0.3, 0.4) is 0 Å².